The molecule has 0 atom stereocenters. The number of benzene rings is 4. The van der Waals surface area contributed by atoms with E-state index < -0.39 is 0 Å². The number of oxazole rings is 2. The first kappa shape index (κ1) is 34.4. The Hall–Kier alpha value is -5.72. The molecule has 272 valence electrons. The summed E-state index contributed by atoms with van der Waals surface area (Å²) in [5.41, 5.74) is 14.6. The van der Waals surface area contributed by atoms with Crippen LogP contribution >= 0.6 is 0 Å². The van der Waals surface area contributed by atoms with E-state index in [-0.39, 0.29) is 18.4 Å². The number of anilines is 2. The number of rotatable bonds is 8. The Bertz CT molecular complexity index is 2280. The van der Waals surface area contributed by atoms with Crippen LogP contribution in [0.15, 0.2) is 93.8 Å². The topological polar surface area (TPSA) is 153 Å². The highest BCUT2D eigenvalue weighted by molar-refractivity contribution is 5.84. The van der Waals surface area contributed by atoms with E-state index in [2.05, 4.69) is 19.9 Å². The van der Waals surface area contributed by atoms with Gasteiger partial charge in [-0.25, -0.2) is 15.0 Å². The number of ether oxygens (including phenoxy) is 3. The van der Waals surface area contributed by atoms with Crippen LogP contribution in [0.25, 0.3) is 56.1 Å². The van der Waals surface area contributed by atoms with Crippen LogP contribution < -0.4 is 11.1 Å². The van der Waals surface area contributed by atoms with E-state index in [4.69, 9.17) is 33.8 Å². The van der Waals surface area contributed by atoms with Crippen molar-refractivity contribution < 1.29 is 27.8 Å². The van der Waals surface area contributed by atoms with Gasteiger partial charge in [0.1, 0.15) is 23.3 Å². The fraction of sp³-hybridized carbons (Fsp3) is 0.317. The molecule has 53 heavy (non-hydrogen) atoms. The molecule has 0 saturated carbocycles. The SMILES string of the molecule is CCOC(=O)Cc1nc2cc(-c3nc4ccccc4o3)ccc2n1C1CCOCC1.Nc1cc(-c2nc3ccccc3o2)ccc1NC1CCOCC1. The number of fused-ring (bicyclic) bond motifs is 3. The van der Waals surface area contributed by atoms with Crippen molar-refractivity contribution >= 4 is 50.6 Å². The second-order valence-corrected chi connectivity index (χ2v) is 13.2. The highest BCUT2D eigenvalue weighted by Crippen LogP contribution is 2.33. The Balaban J connectivity index is 0.000000156. The van der Waals surface area contributed by atoms with Gasteiger partial charge in [-0.2, -0.15) is 0 Å². The number of hydrogen-bond donors (Lipinski definition) is 2. The average Bonchev–Trinajstić information content (AvgIpc) is 3.92. The quantitative estimate of drug-likeness (QED) is 0.116. The Kier molecular flexibility index (Phi) is 10.0. The van der Waals surface area contributed by atoms with Gasteiger partial charge < -0.3 is 38.7 Å². The second-order valence-electron chi connectivity index (χ2n) is 13.2. The van der Waals surface area contributed by atoms with E-state index >= 15 is 0 Å². The number of nitrogens with two attached hydrogens (primary N) is 1. The minimum absolute atomic E-state index is 0.151. The molecule has 2 saturated heterocycles. The molecule has 3 N–H and O–H groups in total. The molecule has 2 fully saturated rings. The number of imidazole rings is 1. The predicted molar refractivity (Wildman–Crippen MR) is 203 cm³/mol. The number of nitrogens with one attached hydrogen (secondary N) is 1. The van der Waals surface area contributed by atoms with Crippen LogP contribution in [0.3, 0.4) is 0 Å². The number of carbonyl (C=O) groups is 1. The minimum Gasteiger partial charge on any atom is -0.466 e. The van der Waals surface area contributed by atoms with E-state index in [9.17, 15) is 4.79 Å². The van der Waals surface area contributed by atoms with Gasteiger partial charge in [-0.05, 0) is 93.3 Å². The summed E-state index contributed by atoms with van der Waals surface area (Å²) in [5, 5.41) is 3.50. The number of esters is 1. The Morgan fingerprint density at radius 3 is 2.00 bits per heavy atom. The summed E-state index contributed by atoms with van der Waals surface area (Å²) in [6.45, 7) is 5.20. The molecule has 2 aliphatic rings. The smallest absolute Gasteiger partial charge is 0.313 e. The molecule has 0 amide bonds. The molecule has 12 heteroatoms. The van der Waals surface area contributed by atoms with Crippen molar-refractivity contribution in [3.8, 4) is 22.9 Å². The van der Waals surface area contributed by atoms with Gasteiger partial charge in [-0.3, -0.25) is 4.79 Å². The fourth-order valence-corrected chi connectivity index (χ4v) is 6.98. The number of nitrogens with zero attached hydrogens (tertiary/aromatic N) is 4. The average molecular weight is 715 g/mol. The third-order valence-corrected chi connectivity index (χ3v) is 9.64. The Morgan fingerprint density at radius 2 is 1.38 bits per heavy atom. The van der Waals surface area contributed by atoms with Crippen molar-refractivity contribution in [3.05, 3.63) is 90.8 Å². The molecule has 0 radical (unpaired) electrons. The van der Waals surface area contributed by atoms with Gasteiger partial charge in [-0.15, -0.1) is 0 Å². The lowest BCUT2D eigenvalue weighted by Crippen LogP contribution is -2.28. The largest absolute Gasteiger partial charge is 0.466 e. The monoisotopic (exact) mass is 714 g/mol. The molecule has 2 aliphatic heterocycles. The normalized spacial score (nSPS) is 15.4. The summed E-state index contributed by atoms with van der Waals surface area (Å²) in [4.78, 5) is 26.1. The van der Waals surface area contributed by atoms with Crippen molar-refractivity contribution in [1.82, 2.24) is 19.5 Å². The first-order valence-corrected chi connectivity index (χ1v) is 18.2. The van der Waals surface area contributed by atoms with Gasteiger partial charge in [0.05, 0.1) is 29.0 Å². The van der Waals surface area contributed by atoms with Crippen molar-refractivity contribution in [3.63, 3.8) is 0 Å². The highest BCUT2D eigenvalue weighted by Gasteiger charge is 2.24. The number of hydrogen-bond acceptors (Lipinski definition) is 11. The zero-order valence-electron chi connectivity index (χ0n) is 29.6. The maximum atomic E-state index is 12.2. The molecule has 0 unspecified atom stereocenters. The van der Waals surface area contributed by atoms with Crippen LogP contribution in [-0.2, 0) is 25.4 Å². The summed E-state index contributed by atoms with van der Waals surface area (Å²) in [5.74, 6) is 1.62. The third kappa shape index (κ3) is 7.60. The Labute approximate surface area is 306 Å². The van der Waals surface area contributed by atoms with Crippen LogP contribution in [0.2, 0.25) is 0 Å². The number of carbonyl (C=O) groups excluding carboxylic acids is 1. The van der Waals surface area contributed by atoms with E-state index in [0.717, 1.165) is 94.8 Å². The van der Waals surface area contributed by atoms with Crippen LogP contribution in [0.1, 0.15) is 44.5 Å². The second kappa shape index (κ2) is 15.5. The van der Waals surface area contributed by atoms with Gasteiger partial charge in [-0.1, -0.05) is 24.3 Å². The summed E-state index contributed by atoms with van der Waals surface area (Å²) in [7, 11) is 0. The highest BCUT2D eigenvalue weighted by atomic mass is 16.5. The molecular weight excluding hydrogens is 672 g/mol. The summed E-state index contributed by atoms with van der Waals surface area (Å²) in [6.07, 6.45) is 3.96. The van der Waals surface area contributed by atoms with Crippen molar-refractivity contribution in [1.29, 1.82) is 0 Å². The van der Waals surface area contributed by atoms with Crippen LogP contribution in [0.4, 0.5) is 11.4 Å². The number of para-hydroxylation sites is 4. The molecule has 3 aromatic heterocycles. The maximum Gasteiger partial charge on any atom is 0.313 e. The lowest BCUT2D eigenvalue weighted by molar-refractivity contribution is -0.142. The number of nitrogen functional groups attached to an aromatic ring is 1. The molecule has 12 nitrogen and oxygen atoms in total. The van der Waals surface area contributed by atoms with Gasteiger partial charge in [0.25, 0.3) is 0 Å². The van der Waals surface area contributed by atoms with Crippen molar-refractivity contribution in [2.24, 2.45) is 0 Å². The lowest BCUT2D eigenvalue weighted by atomic mass is 10.1. The minimum atomic E-state index is -0.264. The fourth-order valence-electron chi connectivity index (χ4n) is 6.98. The first-order chi connectivity index (χ1) is 26.0. The van der Waals surface area contributed by atoms with E-state index in [1.807, 2.05) is 91.9 Å². The summed E-state index contributed by atoms with van der Waals surface area (Å²) < 4.78 is 30.0. The summed E-state index contributed by atoms with van der Waals surface area (Å²) >= 11 is 0. The van der Waals surface area contributed by atoms with Crippen molar-refractivity contribution in [2.45, 2.75) is 51.1 Å². The summed E-state index contributed by atoms with van der Waals surface area (Å²) in [6, 6.07) is 28.0. The molecule has 0 spiro atoms. The molecule has 4 aromatic carbocycles. The van der Waals surface area contributed by atoms with Crippen LogP contribution in [0, 0.1) is 0 Å². The van der Waals surface area contributed by atoms with Gasteiger partial charge in [0.2, 0.25) is 11.8 Å². The third-order valence-electron chi connectivity index (χ3n) is 9.64. The molecule has 0 bridgehead atoms. The van der Waals surface area contributed by atoms with Crippen LogP contribution in [0.5, 0.6) is 0 Å². The number of aromatic nitrogens is 4. The maximum absolute atomic E-state index is 12.2. The molecule has 7 aromatic rings. The zero-order chi connectivity index (χ0) is 36.1. The van der Waals surface area contributed by atoms with Crippen LogP contribution in [-0.4, -0.2) is 64.6 Å². The molecule has 9 rings (SSSR count). The van der Waals surface area contributed by atoms with E-state index in [1.54, 1.807) is 0 Å². The standard InChI is InChI=1S/C23H23N3O4.C18H19N3O2/c1-2-29-22(27)14-21-24-18-13-15(23-25-17-5-3-4-6-20(17)30-23)7-8-19(18)26(21)16-9-11-28-12-10-16;19-14-11-12(18-21-16-3-1-2-4-17(16)23-18)5-6-15(14)20-13-7-9-22-10-8-13/h3-8,13,16H,2,9-12,14H2,1H3;1-6,11,13,20H,7-10,19H2. The van der Waals surface area contributed by atoms with E-state index in [1.165, 1.54) is 0 Å². The molecule has 0 aliphatic carbocycles. The van der Waals surface area contributed by atoms with E-state index in [0.29, 0.717) is 43.3 Å². The molecule has 5 heterocycles. The Morgan fingerprint density at radius 1 is 0.774 bits per heavy atom. The zero-order valence-corrected chi connectivity index (χ0v) is 29.6. The van der Waals surface area contributed by atoms with Gasteiger partial charge in [0.15, 0.2) is 11.2 Å². The lowest BCUT2D eigenvalue weighted by Gasteiger charge is -2.25. The first-order valence-electron chi connectivity index (χ1n) is 18.2. The molecular formula is C41H42N6O6. The van der Waals surface area contributed by atoms with Gasteiger partial charge >= 0.3 is 5.97 Å². The van der Waals surface area contributed by atoms with Gasteiger partial charge in [0, 0.05) is 49.6 Å². The predicted octanol–water partition coefficient (Wildman–Crippen LogP) is 7.97. The van der Waals surface area contributed by atoms with Crippen molar-refractivity contribution in [2.75, 3.05) is 44.1 Å².